The number of thiazole rings is 2. The van der Waals surface area contributed by atoms with E-state index in [2.05, 4.69) is 20.3 Å². The van der Waals surface area contributed by atoms with Crippen molar-refractivity contribution in [2.24, 2.45) is 0 Å². The largest absolute Gasteiger partial charge is 0.297 e. The Morgan fingerprint density at radius 2 is 2.00 bits per heavy atom. The van der Waals surface area contributed by atoms with Crippen molar-refractivity contribution in [2.75, 3.05) is 5.32 Å². The number of carbonyl (C=O) groups is 1. The number of hydrogen-bond acceptors (Lipinski definition) is 7. The topological polar surface area (TPSA) is 67.8 Å². The average molecular weight is 419 g/mol. The monoisotopic (exact) mass is 418 g/mol. The van der Waals surface area contributed by atoms with Crippen LogP contribution in [0.15, 0.2) is 41.9 Å². The number of halogens is 1. The molecule has 4 rings (SSSR count). The smallest absolute Gasteiger partial charge is 0.269 e. The Hall–Kier alpha value is -2.13. The molecule has 9 heteroatoms. The van der Waals surface area contributed by atoms with Crippen molar-refractivity contribution >= 4 is 56.7 Å². The Morgan fingerprint density at radius 3 is 2.73 bits per heavy atom. The highest BCUT2D eigenvalue weighted by atomic mass is 35.5. The van der Waals surface area contributed by atoms with E-state index in [1.54, 1.807) is 6.20 Å². The summed E-state index contributed by atoms with van der Waals surface area (Å²) in [6.45, 7) is 1.82. The van der Waals surface area contributed by atoms with Crippen LogP contribution in [-0.4, -0.2) is 20.9 Å². The molecule has 0 aliphatic heterocycles. The van der Waals surface area contributed by atoms with Gasteiger partial charge in [-0.25, -0.2) is 9.97 Å². The van der Waals surface area contributed by atoms with E-state index in [-0.39, 0.29) is 5.91 Å². The third-order valence-corrected chi connectivity index (χ3v) is 6.63. The van der Waals surface area contributed by atoms with Gasteiger partial charge in [-0.15, -0.1) is 34.0 Å². The molecule has 26 heavy (non-hydrogen) atoms. The van der Waals surface area contributed by atoms with Crippen LogP contribution in [0.25, 0.3) is 21.3 Å². The van der Waals surface area contributed by atoms with Crippen LogP contribution in [0.3, 0.4) is 0 Å². The van der Waals surface area contributed by atoms with Crippen molar-refractivity contribution in [1.29, 1.82) is 0 Å². The zero-order chi connectivity index (χ0) is 18.1. The fourth-order valence-electron chi connectivity index (χ4n) is 2.26. The second-order valence-corrected chi connectivity index (χ2v) is 8.82. The van der Waals surface area contributed by atoms with Crippen LogP contribution >= 0.6 is 45.6 Å². The van der Waals surface area contributed by atoms with Gasteiger partial charge < -0.3 is 0 Å². The van der Waals surface area contributed by atoms with Crippen LogP contribution in [0.2, 0.25) is 4.34 Å². The molecule has 0 bridgehead atoms. The zero-order valence-corrected chi connectivity index (χ0v) is 16.6. The number of pyridine rings is 1. The van der Waals surface area contributed by atoms with E-state index in [0.717, 1.165) is 21.3 Å². The van der Waals surface area contributed by atoms with E-state index in [0.29, 0.717) is 20.0 Å². The Bertz CT molecular complexity index is 1070. The van der Waals surface area contributed by atoms with Gasteiger partial charge in [0.2, 0.25) is 0 Å². The van der Waals surface area contributed by atoms with Crippen LogP contribution in [0.5, 0.6) is 0 Å². The van der Waals surface area contributed by atoms with E-state index >= 15 is 0 Å². The second-order valence-electron chi connectivity index (χ2n) is 5.24. The molecule has 130 valence electrons. The van der Waals surface area contributed by atoms with Crippen LogP contribution in [0, 0.1) is 6.92 Å². The number of nitrogens with one attached hydrogen (secondary N) is 1. The van der Waals surface area contributed by atoms with E-state index in [4.69, 9.17) is 11.6 Å². The molecule has 1 amide bonds. The molecule has 0 aliphatic rings. The van der Waals surface area contributed by atoms with Crippen molar-refractivity contribution < 1.29 is 4.79 Å². The highest BCUT2D eigenvalue weighted by molar-refractivity contribution is 7.20. The predicted octanol–water partition coefficient (Wildman–Crippen LogP) is 5.60. The lowest BCUT2D eigenvalue weighted by molar-refractivity contribution is 0.103. The molecule has 0 fully saturated rings. The number of thiophene rings is 1. The quantitative estimate of drug-likeness (QED) is 0.468. The number of rotatable bonds is 4. The molecule has 0 unspecified atom stereocenters. The minimum atomic E-state index is -0.215. The number of carbonyl (C=O) groups excluding carboxylic acids is 1. The molecule has 4 aromatic heterocycles. The first-order chi connectivity index (χ1) is 12.6. The van der Waals surface area contributed by atoms with Gasteiger partial charge in [0, 0.05) is 11.6 Å². The predicted molar refractivity (Wildman–Crippen MR) is 108 cm³/mol. The molecule has 5 nitrogen and oxygen atoms in total. The second kappa shape index (κ2) is 7.24. The van der Waals surface area contributed by atoms with E-state index < -0.39 is 0 Å². The fraction of sp³-hybridized carbons (Fsp3) is 0.0588. The van der Waals surface area contributed by atoms with Gasteiger partial charge in [-0.1, -0.05) is 17.7 Å². The molecule has 0 atom stereocenters. The highest BCUT2D eigenvalue weighted by Crippen LogP contribution is 2.33. The maximum absolute atomic E-state index is 12.6. The first-order valence-electron chi connectivity index (χ1n) is 7.51. The summed E-state index contributed by atoms with van der Waals surface area (Å²) in [6.07, 6.45) is 1.71. The van der Waals surface area contributed by atoms with Crippen molar-refractivity contribution in [3.05, 3.63) is 56.8 Å². The van der Waals surface area contributed by atoms with Crippen molar-refractivity contribution in [2.45, 2.75) is 6.92 Å². The van der Waals surface area contributed by atoms with Gasteiger partial charge in [0.25, 0.3) is 5.91 Å². The van der Waals surface area contributed by atoms with E-state index in [1.165, 1.54) is 34.0 Å². The summed E-state index contributed by atoms with van der Waals surface area (Å²) >= 11 is 10.1. The number of hydrogen-bond donors (Lipinski definition) is 1. The summed E-state index contributed by atoms with van der Waals surface area (Å²) in [7, 11) is 0. The summed E-state index contributed by atoms with van der Waals surface area (Å²) in [5.41, 5.74) is 2.23. The lowest BCUT2D eigenvalue weighted by Gasteiger charge is -1.99. The maximum atomic E-state index is 12.6. The van der Waals surface area contributed by atoms with Crippen LogP contribution in [0.4, 0.5) is 5.13 Å². The molecule has 4 heterocycles. The summed E-state index contributed by atoms with van der Waals surface area (Å²) in [5, 5.41) is 6.02. The van der Waals surface area contributed by atoms with Crippen LogP contribution in [0.1, 0.15) is 15.4 Å². The highest BCUT2D eigenvalue weighted by Gasteiger charge is 2.18. The molecule has 1 N–H and O–H groups in total. The standard InChI is InChI=1S/C17H11ClN4OS3/c1-9-14(26-16(20-9)10-4-2-3-7-19-10)15(23)22-17-21-11(8-24-17)12-5-6-13(18)25-12/h2-8H,1H3,(H,21,22,23). The normalized spacial score (nSPS) is 10.8. The minimum Gasteiger partial charge on any atom is -0.297 e. The van der Waals surface area contributed by atoms with Crippen LogP contribution < -0.4 is 5.32 Å². The first-order valence-corrected chi connectivity index (χ1v) is 10.4. The molecule has 4 aromatic rings. The van der Waals surface area contributed by atoms with Crippen molar-refractivity contribution in [3.8, 4) is 21.3 Å². The molecule has 0 saturated carbocycles. The number of aromatic nitrogens is 3. The number of anilines is 1. The van der Waals surface area contributed by atoms with E-state index in [1.807, 2.05) is 42.6 Å². The Morgan fingerprint density at radius 1 is 1.12 bits per heavy atom. The van der Waals surface area contributed by atoms with Gasteiger partial charge in [-0.2, -0.15) is 0 Å². The summed E-state index contributed by atoms with van der Waals surface area (Å²) < 4.78 is 0.709. The number of nitrogens with zero attached hydrogens (tertiary/aromatic N) is 3. The van der Waals surface area contributed by atoms with Gasteiger partial charge in [0.1, 0.15) is 9.88 Å². The maximum Gasteiger partial charge on any atom is 0.269 e. The third kappa shape index (κ3) is 3.54. The minimum absolute atomic E-state index is 0.215. The molecule has 0 radical (unpaired) electrons. The molecule has 0 aromatic carbocycles. The summed E-state index contributed by atoms with van der Waals surface area (Å²) in [4.78, 5) is 27.4. The Kier molecular flexibility index (Phi) is 4.82. The fourth-order valence-corrected chi connectivity index (χ4v) is 4.98. The van der Waals surface area contributed by atoms with Gasteiger partial charge in [-0.05, 0) is 31.2 Å². The van der Waals surface area contributed by atoms with Gasteiger partial charge >= 0.3 is 0 Å². The SMILES string of the molecule is Cc1nc(-c2ccccn2)sc1C(=O)Nc1nc(-c2ccc(Cl)s2)cs1. The Labute approximate surface area is 166 Å². The van der Waals surface area contributed by atoms with Crippen LogP contribution in [-0.2, 0) is 0 Å². The Balaban J connectivity index is 1.54. The van der Waals surface area contributed by atoms with Crippen molar-refractivity contribution in [3.63, 3.8) is 0 Å². The van der Waals surface area contributed by atoms with E-state index in [9.17, 15) is 4.79 Å². The average Bonchev–Trinajstić information content (AvgIpc) is 3.35. The third-order valence-electron chi connectivity index (χ3n) is 3.44. The molecule has 0 saturated heterocycles. The molecule has 0 spiro atoms. The lowest BCUT2D eigenvalue weighted by atomic mass is 10.3. The molecule has 0 aliphatic carbocycles. The summed E-state index contributed by atoms with van der Waals surface area (Å²) in [5.74, 6) is -0.215. The van der Waals surface area contributed by atoms with Gasteiger partial charge in [-0.3, -0.25) is 15.1 Å². The first kappa shape index (κ1) is 17.3. The van der Waals surface area contributed by atoms with Gasteiger partial charge in [0.05, 0.1) is 26.3 Å². The zero-order valence-electron chi connectivity index (χ0n) is 13.4. The summed E-state index contributed by atoms with van der Waals surface area (Å²) in [6, 6.07) is 9.36. The molecular weight excluding hydrogens is 408 g/mol. The van der Waals surface area contributed by atoms with Crippen molar-refractivity contribution in [1.82, 2.24) is 15.0 Å². The number of amides is 1. The number of aryl methyl sites for hydroxylation is 1. The lowest BCUT2D eigenvalue weighted by Crippen LogP contribution is -2.11. The van der Waals surface area contributed by atoms with Gasteiger partial charge in [0.15, 0.2) is 5.13 Å². The molecular formula is C17H11ClN4OS3.